The first kappa shape index (κ1) is 14.3. The Morgan fingerprint density at radius 1 is 1.20 bits per heavy atom. The van der Waals surface area contributed by atoms with Crippen LogP contribution in [0.2, 0.25) is 0 Å². The molecule has 1 saturated heterocycles. The van der Waals surface area contributed by atoms with Crippen molar-refractivity contribution >= 4 is 15.8 Å². The molecule has 0 bridgehead atoms. The van der Waals surface area contributed by atoms with Crippen molar-refractivity contribution in [2.24, 2.45) is 0 Å². The van der Waals surface area contributed by atoms with E-state index in [0.717, 1.165) is 19.3 Å². The van der Waals surface area contributed by atoms with E-state index in [1.165, 1.54) is 0 Å². The van der Waals surface area contributed by atoms with E-state index in [0.29, 0.717) is 32.0 Å². The van der Waals surface area contributed by atoms with Gasteiger partial charge in [-0.2, -0.15) is 0 Å². The molecule has 3 aliphatic rings. The first-order chi connectivity index (χ1) is 9.40. The van der Waals surface area contributed by atoms with Gasteiger partial charge in [-0.1, -0.05) is 0 Å². The van der Waals surface area contributed by atoms with Gasteiger partial charge in [-0.25, -0.2) is 8.42 Å². The third kappa shape index (κ3) is 2.84. The van der Waals surface area contributed by atoms with E-state index in [1.807, 2.05) is 0 Å². The smallest absolute Gasteiger partial charge is 0.323 e. The van der Waals surface area contributed by atoms with Crippen molar-refractivity contribution in [2.75, 3.05) is 24.6 Å². The summed E-state index contributed by atoms with van der Waals surface area (Å²) >= 11 is 0. The van der Waals surface area contributed by atoms with Gasteiger partial charge in [-0.15, -0.1) is 0 Å². The summed E-state index contributed by atoms with van der Waals surface area (Å²) < 4.78 is 22.9. The number of nitrogens with one attached hydrogen (secondary N) is 1. The summed E-state index contributed by atoms with van der Waals surface area (Å²) in [6.45, 7) is 1.10. The molecule has 7 heteroatoms. The predicted octanol–water partition coefficient (Wildman–Crippen LogP) is -0.155. The highest BCUT2D eigenvalue weighted by Crippen LogP contribution is 2.37. The van der Waals surface area contributed by atoms with Crippen LogP contribution in [0.1, 0.15) is 32.1 Å². The highest BCUT2D eigenvalue weighted by Gasteiger charge is 2.49. The third-order valence-electron chi connectivity index (χ3n) is 4.85. The average molecular weight is 302 g/mol. The van der Waals surface area contributed by atoms with Crippen molar-refractivity contribution in [3.05, 3.63) is 0 Å². The van der Waals surface area contributed by atoms with Crippen LogP contribution in [-0.4, -0.2) is 66.6 Å². The van der Waals surface area contributed by atoms with E-state index in [9.17, 15) is 18.3 Å². The predicted molar refractivity (Wildman–Crippen MR) is 74.4 cm³/mol. The molecule has 2 N–H and O–H groups in total. The lowest BCUT2D eigenvalue weighted by Gasteiger charge is -2.33. The van der Waals surface area contributed by atoms with Gasteiger partial charge >= 0.3 is 5.97 Å². The summed E-state index contributed by atoms with van der Waals surface area (Å²) in [6, 6.07) is 0.569. The molecule has 0 aromatic rings. The van der Waals surface area contributed by atoms with Crippen LogP contribution in [0.3, 0.4) is 0 Å². The highest BCUT2D eigenvalue weighted by molar-refractivity contribution is 7.91. The summed E-state index contributed by atoms with van der Waals surface area (Å²) in [7, 11) is -2.87. The van der Waals surface area contributed by atoms with Crippen molar-refractivity contribution < 1.29 is 18.3 Å². The van der Waals surface area contributed by atoms with Gasteiger partial charge in [-0.3, -0.25) is 15.0 Å². The summed E-state index contributed by atoms with van der Waals surface area (Å²) in [5, 5.41) is 12.9. The lowest BCUT2D eigenvalue weighted by atomic mass is 9.97. The molecule has 2 unspecified atom stereocenters. The molecular weight excluding hydrogens is 280 g/mol. The van der Waals surface area contributed by atoms with Crippen LogP contribution in [-0.2, 0) is 14.6 Å². The summed E-state index contributed by atoms with van der Waals surface area (Å²) in [5.41, 5.74) is -0.790. The van der Waals surface area contributed by atoms with Gasteiger partial charge in [0.25, 0.3) is 0 Å². The van der Waals surface area contributed by atoms with Gasteiger partial charge < -0.3 is 5.11 Å². The van der Waals surface area contributed by atoms with Crippen LogP contribution in [0.4, 0.5) is 0 Å². The minimum absolute atomic E-state index is 0.202. The maximum Gasteiger partial charge on any atom is 0.323 e. The standard InChI is InChI=1S/C13H22N2O4S/c16-12(17)13(14-10-1-2-10)4-3-11(9-13)15-5-7-20(18,19)8-6-15/h10-11,14H,1-9H2,(H,16,17). The van der Waals surface area contributed by atoms with E-state index in [2.05, 4.69) is 10.2 Å². The number of aliphatic carboxylic acids is 1. The number of nitrogens with zero attached hydrogens (tertiary/aromatic N) is 1. The summed E-state index contributed by atoms with van der Waals surface area (Å²) in [4.78, 5) is 13.8. The van der Waals surface area contributed by atoms with Crippen LogP contribution in [0.25, 0.3) is 0 Å². The fourth-order valence-corrected chi connectivity index (χ4v) is 4.66. The van der Waals surface area contributed by atoms with Crippen LogP contribution >= 0.6 is 0 Å². The topological polar surface area (TPSA) is 86.7 Å². The normalized spacial score (nSPS) is 37.9. The zero-order chi connectivity index (χ0) is 14.4. The molecule has 2 aliphatic carbocycles. The Hall–Kier alpha value is -0.660. The van der Waals surface area contributed by atoms with Crippen LogP contribution in [0.15, 0.2) is 0 Å². The Labute approximate surface area is 119 Å². The zero-order valence-electron chi connectivity index (χ0n) is 11.5. The molecule has 114 valence electrons. The maximum atomic E-state index is 11.6. The summed E-state index contributed by atoms with van der Waals surface area (Å²) in [5.74, 6) is -0.337. The summed E-state index contributed by atoms with van der Waals surface area (Å²) in [6.07, 6.45) is 4.22. The molecule has 2 atom stereocenters. The molecule has 20 heavy (non-hydrogen) atoms. The lowest BCUT2D eigenvalue weighted by molar-refractivity contribution is -0.145. The second-order valence-electron chi connectivity index (χ2n) is 6.39. The Morgan fingerprint density at radius 2 is 1.85 bits per heavy atom. The van der Waals surface area contributed by atoms with E-state index in [-0.39, 0.29) is 17.5 Å². The molecule has 0 amide bonds. The Bertz CT molecular complexity index is 489. The van der Waals surface area contributed by atoms with Crippen molar-refractivity contribution in [1.29, 1.82) is 0 Å². The number of carboxylic acid groups (broad SMARTS) is 1. The second-order valence-corrected chi connectivity index (χ2v) is 8.69. The van der Waals surface area contributed by atoms with E-state index < -0.39 is 21.3 Å². The average Bonchev–Trinajstić information content (AvgIpc) is 3.07. The molecule has 0 radical (unpaired) electrons. The number of hydrogen-bond donors (Lipinski definition) is 2. The molecule has 0 spiro atoms. The van der Waals surface area contributed by atoms with Crippen LogP contribution in [0, 0.1) is 0 Å². The molecule has 3 fully saturated rings. The maximum absolute atomic E-state index is 11.6. The fourth-order valence-electron chi connectivity index (χ4n) is 3.43. The number of carboxylic acids is 1. The highest BCUT2D eigenvalue weighted by atomic mass is 32.2. The Kier molecular flexibility index (Phi) is 3.54. The molecule has 1 heterocycles. The van der Waals surface area contributed by atoms with Gasteiger partial charge in [-0.05, 0) is 32.1 Å². The number of sulfone groups is 1. The molecule has 1 aliphatic heterocycles. The number of carbonyl (C=O) groups is 1. The van der Waals surface area contributed by atoms with E-state index >= 15 is 0 Å². The SMILES string of the molecule is O=C(O)C1(NC2CC2)CCC(N2CCS(=O)(=O)CC2)C1. The molecule has 0 aromatic heterocycles. The van der Waals surface area contributed by atoms with Gasteiger partial charge in [0.15, 0.2) is 9.84 Å². The Morgan fingerprint density at radius 3 is 2.40 bits per heavy atom. The van der Waals surface area contributed by atoms with Crippen LogP contribution in [0.5, 0.6) is 0 Å². The number of rotatable bonds is 4. The largest absolute Gasteiger partial charge is 0.480 e. The molecule has 2 saturated carbocycles. The van der Waals surface area contributed by atoms with Gasteiger partial charge in [0.1, 0.15) is 5.54 Å². The number of hydrogen-bond acceptors (Lipinski definition) is 5. The van der Waals surface area contributed by atoms with Gasteiger partial charge in [0.05, 0.1) is 11.5 Å². The zero-order valence-corrected chi connectivity index (χ0v) is 12.4. The van der Waals surface area contributed by atoms with E-state index in [1.54, 1.807) is 0 Å². The quantitative estimate of drug-likeness (QED) is 0.751. The monoisotopic (exact) mass is 302 g/mol. The van der Waals surface area contributed by atoms with Crippen LogP contribution < -0.4 is 5.32 Å². The minimum Gasteiger partial charge on any atom is -0.480 e. The van der Waals surface area contributed by atoms with Gasteiger partial charge in [0.2, 0.25) is 0 Å². The van der Waals surface area contributed by atoms with Crippen molar-refractivity contribution in [2.45, 2.75) is 49.7 Å². The minimum atomic E-state index is -2.87. The van der Waals surface area contributed by atoms with Gasteiger partial charge in [0, 0.05) is 25.2 Å². The Balaban J connectivity index is 1.64. The molecule has 6 nitrogen and oxygen atoms in total. The third-order valence-corrected chi connectivity index (χ3v) is 6.46. The lowest BCUT2D eigenvalue weighted by Crippen LogP contribution is -2.53. The van der Waals surface area contributed by atoms with E-state index in [4.69, 9.17) is 0 Å². The van der Waals surface area contributed by atoms with Crippen molar-refractivity contribution in [1.82, 2.24) is 10.2 Å². The molecule has 3 rings (SSSR count). The fraction of sp³-hybridized carbons (Fsp3) is 0.923. The van der Waals surface area contributed by atoms with Crippen molar-refractivity contribution in [3.63, 3.8) is 0 Å². The second kappa shape index (κ2) is 4.96. The molecule has 0 aromatic carbocycles. The molecular formula is C13H22N2O4S. The first-order valence-corrected chi connectivity index (χ1v) is 9.18. The van der Waals surface area contributed by atoms with Crippen molar-refractivity contribution in [3.8, 4) is 0 Å². The first-order valence-electron chi connectivity index (χ1n) is 7.36.